The second-order valence-electron chi connectivity index (χ2n) is 4.61. The first-order valence-corrected chi connectivity index (χ1v) is 6.20. The highest BCUT2D eigenvalue weighted by molar-refractivity contribution is 6.21. The van der Waals surface area contributed by atoms with Crippen molar-refractivity contribution in [2.75, 3.05) is 13.1 Å². The summed E-state index contributed by atoms with van der Waals surface area (Å²) in [6.45, 7) is 4.72. The molecule has 88 valence electrons. The van der Waals surface area contributed by atoms with Gasteiger partial charge in [-0.2, -0.15) is 0 Å². The van der Waals surface area contributed by atoms with E-state index in [0.29, 0.717) is 12.5 Å². The maximum absolute atomic E-state index is 13.5. The van der Waals surface area contributed by atoms with Gasteiger partial charge < -0.3 is 0 Å². The fourth-order valence-electron chi connectivity index (χ4n) is 2.10. The summed E-state index contributed by atoms with van der Waals surface area (Å²) in [5.74, 6) is 0.450. The second kappa shape index (κ2) is 5.15. The van der Waals surface area contributed by atoms with Gasteiger partial charge in [-0.1, -0.05) is 25.1 Å². The maximum atomic E-state index is 13.5. The molecule has 1 aromatic carbocycles. The van der Waals surface area contributed by atoms with Crippen molar-refractivity contribution in [3.8, 4) is 0 Å². The molecule has 0 amide bonds. The van der Waals surface area contributed by atoms with Gasteiger partial charge in [0, 0.05) is 24.0 Å². The molecule has 2 unspecified atom stereocenters. The van der Waals surface area contributed by atoms with Crippen LogP contribution in [-0.2, 0) is 6.54 Å². The van der Waals surface area contributed by atoms with Gasteiger partial charge in [-0.15, -0.1) is 11.6 Å². The molecule has 1 aromatic rings. The Hall–Kier alpha value is -0.600. The number of hydrogen-bond acceptors (Lipinski definition) is 1. The first kappa shape index (κ1) is 11.9. The number of alkyl halides is 1. The summed E-state index contributed by atoms with van der Waals surface area (Å²) in [6, 6.07) is 6.96. The molecule has 2 rings (SSSR count). The van der Waals surface area contributed by atoms with Crippen LogP contribution in [-0.4, -0.2) is 23.4 Å². The zero-order valence-corrected chi connectivity index (χ0v) is 10.3. The van der Waals surface area contributed by atoms with E-state index in [2.05, 4.69) is 11.8 Å². The SMILES string of the molecule is CC1CCN(Cc2ccccc2F)CC1Cl. The van der Waals surface area contributed by atoms with E-state index in [1.807, 2.05) is 12.1 Å². The van der Waals surface area contributed by atoms with Crippen LogP contribution in [0.4, 0.5) is 4.39 Å². The summed E-state index contributed by atoms with van der Waals surface area (Å²) < 4.78 is 13.5. The quantitative estimate of drug-likeness (QED) is 0.719. The minimum atomic E-state index is -0.118. The molecule has 1 aliphatic heterocycles. The molecule has 0 aliphatic carbocycles. The third-order valence-corrected chi connectivity index (χ3v) is 3.87. The Kier molecular flexibility index (Phi) is 3.82. The number of halogens is 2. The van der Waals surface area contributed by atoms with E-state index in [1.165, 1.54) is 6.07 Å². The molecule has 0 N–H and O–H groups in total. The average Bonchev–Trinajstić information content (AvgIpc) is 2.27. The Morgan fingerprint density at radius 1 is 1.44 bits per heavy atom. The molecule has 1 aliphatic rings. The van der Waals surface area contributed by atoms with E-state index in [-0.39, 0.29) is 11.2 Å². The van der Waals surface area contributed by atoms with Gasteiger partial charge in [-0.3, -0.25) is 4.90 Å². The van der Waals surface area contributed by atoms with Crippen LogP contribution >= 0.6 is 11.6 Å². The number of hydrogen-bond donors (Lipinski definition) is 0. The van der Waals surface area contributed by atoms with Gasteiger partial charge in [0.15, 0.2) is 0 Å². The Labute approximate surface area is 101 Å². The monoisotopic (exact) mass is 241 g/mol. The highest BCUT2D eigenvalue weighted by Gasteiger charge is 2.24. The van der Waals surface area contributed by atoms with Crippen LogP contribution in [0.3, 0.4) is 0 Å². The summed E-state index contributed by atoms with van der Waals surface area (Å²) in [5, 5.41) is 0.195. The normalized spacial score (nSPS) is 26.9. The van der Waals surface area contributed by atoms with Crippen LogP contribution in [0.2, 0.25) is 0 Å². The van der Waals surface area contributed by atoms with Crippen molar-refractivity contribution in [2.24, 2.45) is 5.92 Å². The van der Waals surface area contributed by atoms with Crippen LogP contribution < -0.4 is 0 Å². The Morgan fingerprint density at radius 3 is 2.88 bits per heavy atom. The fourth-order valence-corrected chi connectivity index (χ4v) is 2.42. The molecule has 0 radical (unpaired) electrons. The maximum Gasteiger partial charge on any atom is 0.127 e. The van der Waals surface area contributed by atoms with Gasteiger partial charge >= 0.3 is 0 Å². The van der Waals surface area contributed by atoms with Crippen LogP contribution in [0.25, 0.3) is 0 Å². The highest BCUT2D eigenvalue weighted by Crippen LogP contribution is 2.23. The Balaban J connectivity index is 1.98. The van der Waals surface area contributed by atoms with Gasteiger partial charge in [0.1, 0.15) is 5.82 Å². The molecule has 1 fully saturated rings. The third-order valence-electron chi connectivity index (χ3n) is 3.30. The van der Waals surface area contributed by atoms with E-state index >= 15 is 0 Å². The lowest BCUT2D eigenvalue weighted by atomic mass is 9.98. The molecule has 0 aromatic heterocycles. The molecule has 0 saturated carbocycles. The molecule has 3 heteroatoms. The van der Waals surface area contributed by atoms with Crippen LogP contribution in [0.1, 0.15) is 18.9 Å². The topological polar surface area (TPSA) is 3.24 Å². The van der Waals surface area contributed by atoms with Crippen molar-refractivity contribution in [1.29, 1.82) is 0 Å². The summed E-state index contributed by atoms with van der Waals surface area (Å²) in [4.78, 5) is 2.23. The predicted octanol–water partition coefficient (Wildman–Crippen LogP) is 3.27. The summed E-state index contributed by atoms with van der Waals surface area (Å²) in [5.41, 5.74) is 0.765. The first-order valence-electron chi connectivity index (χ1n) is 5.76. The lowest BCUT2D eigenvalue weighted by Gasteiger charge is -2.33. The summed E-state index contributed by atoms with van der Waals surface area (Å²) in [7, 11) is 0. The van der Waals surface area contributed by atoms with E-state index in [0.717, 1.165) is 25.1 Å². The van der Waals surface area contributed by atoms with Crippen molar-refractivity contribution in [1.82, 2.24) is 4.90 Å². The van der Waals surface area contributed by atoms with Crippen molar-refractivity contribution in [3.63, 3.8) is 0 Å². The number of nitrogens with zero attached hydrogens (tertiary/aromatic N) is 1. The molecule has 0 bridgehead atoms. The van der Waals surface area contributed by atoms with Gasteiger partial charge in [0.05, 0.1) is 0 Å². The first-order chi connectivity index (χ1) is 7.66. The summed E-state index contributed by atoms with van der Waals surface area (Å²) >= 11 is 6.23. The molecule has 1 heterocycles. The zero-order valence-electron chi connectivity index (χ0n) is 9.50. The van der Waals surface area contributed by atoms with E-state index < -0.39 is 0 Å². The Bertz CT molecular complexity index is 356. The highest BCUT2D eigenvalue weighted by atomic mass is 35.5. The Morgan fingerprint density at radius 2 is 2.19 bits per heavy atom. The number of likely N-dealkylation sites (tertiary alicyclic amines) is 1. The smallest absolute Gasteiger partial charge is 0.127 e. The van der Waals surface area contributed by atoms with Gasteiger partial charge in [0.2, 0.25) is 0 Å². The number of benzene rings is 1. The standard InChI is InChI=1S/C13H17ClFN/c1-10-6-7-16(9-12(10)14)8-11-4-2-3-5-13(11)15/h2-5,10,12H,6-9H2,1H3. The minimum Gasteiger partial charge on any atom is -0.297 e. The van der Waals surface area contributed by atoms with Crippen molar-refractivity contribution in [2.45, 2.75) is 25.3 Å². The van der Waals surface area contributed by atoms with Crippen LogP contribution in [0, 0.1) is 11.7 Å². The van der Waals surface area contributed by atoms with Crippen LogP contribution in [0.5, 0.6) is 0 Å². The van der Waals surface area contributed by atoms with Crippen LogP contribution in [0.15, 0.2) is 24.3 Å². The molecule has 0 spiro atoms. The van der Waals surface area contributed by atoms with E-state index in [1.54, 1.807) is 6.07 Å². The largest absolute Gasteiger partial charge is 0.297 e. The van der Waals surface area contributed by atoms with E-state index in [9.17, 15) is 4.39 Å². The molecular formula is C13H17ClFN. The lowest BCUT2D eigenvalue weighted by molar-refractivity contribution is 0.187. The summed E-state index contributed by atoms with van der Waals surface area (Å²) in [6.07, 6.45) is 1.10. The molecule has 1 nitrogen and oxygen atoms in total. The van der Waals surface area contributed by atoms with Crippen molar-refractivity contribution in [3.05, 3.63) is 35.6 Å². The predicted molar refractivity (Wildman–Crippen MR) is 65.1 cm³/mol. The van der Waals surface area contributed by atoms with Gasteiger partial charge in [-0.05, 0) is 24.9 Å². The van der Waals surface area contributed by atoms with Gasteiger partial charge in [-0.25, -0.2) is 4.39 Å². The third kappa shape index (κ3) is 2.74. The molecule has 2 atom stereocenters. The molecule has 1 saturated heterocycles. The average molecular weight is 242 g/mol. The number of piperidine rings is 1. The van der Waals surface area contributed by atoms with Crippen molar-refractivity contribution >= 4 is 11.6 Å². The second-order valence-corrected chi connectivity index (χ2v) is 5.17. The molecule has 16 heavy (non-hydrogen) atoms. The van der Waals surface area contributed by atoms with E-state index in [4.69, 9.17) is 11.6 Å². The number of rotatable bonds is 2. The lowest BCUT2D eigenvalue weighted by Crippen LogP contribution is -2.39. The van der Waals surface area contributed by atoms with Crippen molar-refractivity contribution < 1.29 is 4.39 Å². The zero-order chi connectivity index (χ0) is 11.5. The molecular weight excluding hydrogens is 225 g/mol. The fraction of sp³-hybridized carbons (Fsp3) is 0.538. The minimum absolute atomic E-state index is 0.118. The van der Waals surface area contributed by atoms with Gasteiger partial charge in [0.25, 0.3) is 0 Å².